The topological polar surface area (TPSA) is 46.3 Å². The lowest BCUT2D eigenvalue weighted by Gasteiger charge is -2.17. The van der Waals surface area contributed by atoms with Gasteiger partial charge >= 0.3 is 0 Å². The molecule has 112 valence electrons. The summed E-state index contributed by atoms with van der Waals surface area (Å²) in [7, 11) is 1.93. The molecule has 1 aromatic carbocycles. The van der Waals surface area contributed by atoms with Crippen LogP contribution in [0.1, 0.15) is 6.92 Å². The molecule has 2 heterocycles. The van der Waals surface area contributed by atoms with E-state index in [-0.39, 0.29) is 5.82 Å². The Morgan fingerprint density at radius 3 is 2.73 bits per heavy atom. The zero-order chi connectivity index (χ0) is 15.7. The lowest BCUT2D eigenvalue weighted by molar-refractivity contribution is 0.629. The number of aromatic nitrogens is 4. The molecule has 0 saturated carbocycles. The molecule has 3 aromatic rings. The normalized spacial score (nSPS) is 10.9. The van der Waals surface area contributed by atoms with E-state index in [0.29, 0.717) is 23.6 Å². The van der Waals surface area contributed by atoms with Crippen LogP contribution in [0, 0.1) is 5.82 Å². The van der Waals surface area contributed by atoms with E-state index in [9.17, 15) is 4.39 Å². The molecule has 2 aromatic heterocycles. The molecule has 0 radical (unpaired) electrons. The van der Waals surface area contributed by atoms with Crippen LogP contribution in [0.4, 0.5) is 10.2 Å². The van der Waals surface area contributed by atoms with Gasteiger partial charge in [-0.3, -0.25) is 0 Å². The zero-order valence-electron chi connectivity index (χ0n) is 12.5. The van der Waals surface area contributed by atoms with Crippen LogP contribution in [-0.4, -0.2) is 33.4 Å². The first-order valence-corrected chi connectivity index (χ1v) is 6.89. The highest BCUT2D eigenvalue weighted by atomic mass is 19.1. The van der Waals surface area contributed by atoms with Gasteiger partial charge in [0.25, 0.3) is 0 Å². The molecule has 0 unspecified atom stereocenters. The summed E-state index contributed by atoms with van der Waals surface area (Å²) in [5.74, 6) is 0.783. The summed E-state index contributed by atoms with van der Waals surface area (Å²) < 4.78 is 15.5. The third-order valence-electron chi connectivity index (χ3n) is 3.26. The largest absolute Gasteiger partial charge is 0.354 e. The average molecular weight is 297 g/mol. The molecule has 0 fully saturated rings. The number of hydrogen-bond donors (Lipinski definition) is 0. The highest BCUT2D eigenvalue weighted by molar-refractivity contribution is 5.60. The summed E-state index contributed by atoms with van der Waals surface area (Å²) in [6.07, 6.45) is 0. The molecule has 0 aliphatic rings. The number of fused-ring (bicyclic) bond motifs is 1. The van der Waals surface area contributed by atoms with Crippen molar-refractivity contribution >= 4 is 11.5 Å². The van der Waals surface area contributed by atoms with Gasteiger partial charge in [0.15, 0.2) is 11.5 Å². The van der Waals surface area contributed by atoms with Gasteiger partial charge in [0.05, 0.1) is 5.56 Å². The van der Waals surface area contributed by atoms with Gasteiger partial charge in [0.1, 0.15) is 11.6 Å². The monoisotopic (exact) mass is 297 g/mol. The van der Waals surface area contributed by atoms with E-state index in [0.717, 1.165) is 11.4 Å². The predicted molar refractivity (Wildman–Crippen MR) is 84.3 cm³/mol. The van der Waals surface area contributed by atoms with E-state index in [2.05, 4.69) is 21.9 Å². The number of likely N-dealkylation sites (N-methyl/N-ethyl adjacent to an activating group) is 1. The fraction of sp³-hybridized carbons (Fsp3) is 0.188. The molecule has 0 amide bonds. The fourth-order valence-corrected chi connectivity index (χ4v) is 2.28. The van der Waals surface area contributed by atoms with Crippen molar-refractivity contribution in [3.63, 3.8) is 0 Å². The van der Waals surface area contributed by atoms with Crippen molar-refractivity contribution in [3.05, 3.63) is 54.4 Å². The Balaban J connectivity index is 2.10. The lowest BCUT2D eigenvalue weighted by Crippen LogP contribution is -2.21. The van der Waals surface area contributed by atoms with Crippen molar-refractivity contribution in [1.82, 2.24) is 19.8 Å². The maximum atomic E-state index is 14.0. The Labute approximate surface area is 127 Å². The van der Waals surface area contributed by atoms with Gasteiger partial charge in [0, 0.05) is 13.6 Å². The quantitative estimate of drug-likeness (QED) is 0.695. The number of nitrogens with zero attached hydrogens (tertiary/aromatic N) is 5. The van der Waals surface area contributed by atoms with Crippen LogP contribution in [0.15, 0.2) is 48.6 Å². The molecule has 3 rings (SSSR count). The van der Waals surface area contributed by atoms with Crippen LogP contribution in [0.25, 0.3) is 17.0 Å². The second kappa shape index (κ2) is 5.55. The van der Waals surface area contributed by atoms with Gasteiger partial charge in [-0.15, -0.1) is 15.3 Å². The predicted octanol–water partition coefficient (Wildman–Crippen LogP) is 2.94. The second-order valence-corrected chi connectivity index (χ2v) is 5.28. The summed E-state index contributed by atoms with van der Waals surface area (Å²) in [5.41, 5.74) is 1.98. The van der Waals surface area contributed by atoms with Crippen LogP contribution in [0.5, 0.6) is 0 Å². The van der Waals surface area contributed by atoms with E-state index in [1.165, 1.54) is 6.07 Å². The van der Waals surface area contributed by atoms with Gasteiger partial charge in [-0.1, -0.05) is 24.3 Å². The molecule has 0 spiro atoms. The minimum absolute atomic E-state index is 0.348. The molecule has 0 aliphatic heterocycles. The molecule has 6 heteroatoms. The molecule has 0 bridgehead atoms. The number of anilines is 1. The van der Waals surface area contributed by atoms with Crippen LogP contribution in [-0.2, 0) is 0 Å². The van der Waals surface area contributed by atoms with E-state index in [4.69, 9.17) is 0 Å². The zero-order valence-corrected chi connectivity index (χ0v) is 12.5. The number of halogens is 1. The Morgan fingerprint density at radius 1 is 1.23 bits per heavy atom. The van der Waals surface area contributed by atoms with Gasteiger partial charge in [-0.25, -0.2) is 4.39 Å². The van der Waals surface area contributed by atoms with Crippen LogP contribution in [0.2, 0.25) is 0 Å². The Bertz CT molecular complexity index is 839. The molecule has 0 N–H and O–H groups in total. The summed E-state index contributed by atoms with van der Waals surface area (Å²) in [4.78, 5) is 1.97. The summed E-state index contributed by atoms with van der Waals surface area (Å²) in [5, 5.41) is 12.6. The highest BCUT2D eigenvalue weighted by Crippen LogP contribution is 2.22. The SMILES string of the molecule is C=C(C)CN(C)c1ccc2nnc(-c3ccccc3F)n2n1. The lowest BCUT2D eigenvalue weighted by atomic mass is 10.2. The average Bonchev–Trinajstić information content (AvgIpc) is 2.90. The minimum Gasteiger partial charge on any atom is -0.354 e. The molecule has 0 saturated heterocycles. The van der Waals surface area contributed by atoms with E-state index >= 15 is 0 Å². The van der Waals surface area contributed by atoms with E-state index < -0.39 is 0 Å². The maximum Gasteiger partial charge on any atom is 0.188 e. The third-order valence-corrected chi connectivity index (χ3v) is 3.26. The van der Waals surface area contributed by atoms with Crippen LogP contribution >= 0.6 is 0 Å². The van der Waals surface area contributed by atoms with Crippen molar-refractivity contribution in [2.45, 2.75) is 6.92 Å². The standard InChI is InChI=1S/C16H16FN5/c1-11(2)10-21(3)15-9-8-14-18-19-16(22(14)20-15)12-6-4-5-7-13(12)17/h4-9H,1,10H2,2-3H3. The van der Waals surface area contributed by atoms with Gasteiger partial charge in [-0.05, 0) is 31.2 Å². The Hall–Kier alpha value is -2.76. The first-order valence-electron chi connectivity index (χ1n) is 6.89. The van der Waals surface area contributed by atoms with E-state index in [1.807, 2.05) is 31.0 Å². The summed E-state index contributed by atoms with van der Waals surface area (Å²) in [6.45, 7) is 6.55. The number of rotatable bonds is 4. The third kappa shape index (κ3) is 2.55. The Morgan fingerprint density at radius 2 is 2.00 bits per heavy atom. The first kappa shape index (κ1) is 14.2. The maximum absolute atomic E-state index is 14.0. The van der Waals surface area contributed by atoms with Crippen molar-refractivity contribution in [2.75, 3.05) is 18.5 Å². The highest BCUT2D eigenvalue weighted by Gasteiger charge is 2.14. The molecule has 0 atom stereocenters. The second-order valence-electron chi connectivity index (χ2n) is 5.28. The van der Waals surface area contributed by atoms with Crippen molar-refractivity contribution < 1.29 is 4.39 Å². The van der Waals surface area contributed by atoms with E-state index in [1.54, 1.807) is 22.7 Å². The smallest absolute Gasteiger partial charge is 0.188 e. The number of hydrogen-bond acceptors (Lipinski definition) is 4. The molecule has 0 aliphatic carbocycles. The van der Waals surface area contributed by atoms with Crippen LogP contribution < -0.4 is 4.90 Å². The van der Waals surface area contributed by atoms with Gasteiger partial charge < -0.3 is 4.90 Å². The minimum atomic E-state index is -0.348. The van der Waals surface area contributed by atoms with Crippen molar-refractivity contribution in [3.8, 4) is 11.4 Å². The van der Waals surface area contributed by atoms with Gasteiger partial charge in [-0.2, -0.15) is 4.52 Å². The molecular weight excluding hydrogens is 281 g/mol. The first-order chi connectivity index (χ1) is 10.6. The fourth-order valence-electron chi connectivity index (χ4n) is 2.28. The summed E-state index contributed by atoms with van der Waals surface area (Å²) in [6, 6.07) is 10.1. The van der Waals surface area contributed by atoms with Crippen molar-refractivity contribution in [2.24, 2.45) is 0 Å². The Kier molecular flexibility index (Phi) is 3.58. The molecule has 5 nitrogen and oxygen atoms in total. The van der Waals surface area contributed by atoms with Crippen LogP contribution in [0.3, 0.4) is 0 Å². The number of benzene rings is 1. The molecular formula is C16H16FN5. The summed E-state index contributed by atoms with van der Waals surface area (Å²) >= 11 is 0. The van der Waals surface area contributed by atoms with Crippen molar-refractivity contribution in [1.29, 1.82) is 0 Å². The molecule has 22 heavy (non-hydrogen) atoms. The van der Waals surface area contributed by atoms with Gasteiger partial charge in [0.2, 0.25) is 0 Å².